The Morgan fingerprint density at radius 1 is 1.20 bits per heavy atom. The van der Waals surface area contributed by atoms with Gasteiger partial charge in [0.2, 0.25) is 0 Å². The molecule has 15 heavy (non-hydrogen) atoms. The van der Waals surface area contributed by atoms with Crippen molar-refractivity contribution in [3.63, 3.8) is 0 Å². The minimum Gasteiger partial charge on any atom is -0.466 e. The Balaban J connectivity index is 4.25. The topological polar surface area (TPSA) is 44.8 Å². The lowest BCUT2D eigenvalue weighted by atomic mass is 9.95. The van der Waals surface area contributed by atoms with Crippen LogP contribution >= 0.6 is 0 Å². The molecule has 0 aromatic rings. The maximum atomic E-state index is 11.5. The lowest BCUT2D eigenvalue weighted by Gasteiger charge is -2.26. The van der Waals surface area contributed by atoms with Gasteiger partial charge in [-0.1, -0.05) is 13.8 Å². The molecule has 0 fully saturated rings. The van der Waals surface area contributed by atoms with Crippen LogP contribution in [0.25, 0.3) is 0 Å². The number of hydrogen-bond acceptors (Lipinski definition) is 4. The highest BCUT2D eigenvalue weighted by molar-refractivity contribution is 5.72. The largest absolute Gasteiger partial charge is 0.466 e. The van der Waals surface area contributed by atoms with Gasteiger partial charge in [-0.15, -0.1) is 0 Å². The van der Waals surface area contributed by atoms with Gasteiger partial charge in [0.25, 0.3) is 0 Å². The molecule has 0 radical (unpaired) electrons. The SMILES string of the molecule is CCOC(=O)C(C)C(C)C(OC)OCC. The first-order chi connectivity index (χ1) is 7.08. The molecular formula is C11H22O4. The molecule has 3 atom stereocenters. The number of methoxy groups -OCH3 is 1. The van der Waals surface area contributed by atoms with Crippen molar-refractivity contribution in [2.75, 3.05) is 20.3 Å². The predicted octanol–water partition coefficient (Wildman–Crippen LogP) is 1.83. The van der Waals surface area contributed by atoms with E-state index in [0.717, 1.165) is 0 Å². The third-order valence-corrected chi connectivity index (χ3v) is 2.44. The van der Waals surface area contributed by atoms with Crippen LogP contribution in [0.1, 0.15) is 27.7 Å². The van der Waals surface area contributed by atoms with Crippen LogP contribution in [0, 0.1) is 11.8 Å². The first kappa shape index (κ1) is 14.4. The lowest BCUT2D eigenvalue weighted by Crippen LogP contribution is -2.33. The molecule has 4 nitrogen and oxygen atoms in total. The normalized spacial score (nSPS) is 16.9. The maximum Gasteiger partial charge on any atom is 0.309 e. The monoisotopic (exact) mass is 218 g/mol. The van der Waals surface area contributed by atoms with E-state index in [-0.39, 0.29) is 24.1 Å². The van der Waals surface area contributed by atoms with Crippen molar-refractivity contribution in [2.45, 2.75) is 34.0 Å². The van der Waals surface area contributed by atoms with Crippen molar-refractivity contribution in [1.82, 2.24) is 0 Å². The van der Waals surface area contributed by atoms with Crippen molar-refractivity contribution in [2.24, 2.45) is 11.8 Å². The van der Waals surface area contributed by atoms with Gasteiger partial charge in [-0.3, -0.25) is 4.79 Å². The first-order valence-corrected chi connectivity index (χ1v) is 5.39. The Bertz CT molecular complexity index is 181. The van der Waals surface area contributed by atoms with E-state index >= 15 is 0 Å². The van der Waals surface area contributed by atoms with E-state index in [1.807, 2.05) is 20.8 Å². The van der Waals surface area contributed by atoms with Gasteiger partial charge in [-0.05, 0) is 13.8 Å². The number of carbonyl (C=O) groups excluding carboxylic acids is 1. The zero-order valence-corrected chi connectivity index (χ0v) is 10.3. The molecule has 0 saturated heterocycles. The van der Waals surface area contributed by atoms with E-state index in [1.165, 1.54) is 0 Å². The van der Waals surface area contributed by atoms with Crippen LogP contribution in [0.3, 0.4) is 0 Å². The summed E-state index contributed by atoms with van der Waals surface area (Å²) in [5, 5.41) is 0. The average Bonchev–Trinajstić information content (AvgIpc) is 2.24. The molecule has 4 heteroatoms. The molecule has 0 aliphatic carbocycles. The van der Waals surface area contributed by atoms with Gasteiger partial charge in [0.05, 0.1) is 12.5 Å². The van der Waals surface area contributed by atoms with Crippen LogP contribution in [0.4, 0.5) is 0 Å². The van der Waals surface area contributed by atoms with Gasteiger partial charge in [0.15, 0.2) is 6.29 Å². The number of carbonyl (C=O) groups is 1. The van der Waals surface area contributed by atoms with Crippen LogP contribution in [-0.4, -0.2) is 32.6 Å². The molecule has 0 aliphatic heterocycles. The highest BCUT2D eigenvalue weighted by Gasteiger charge is 2.28. The van der Waals surface area contributed by atoms with E-state index in [9.17, 15) is 4.79 Å². The van der Waals surface area contributed by atoms with Crippen LogP contribution < -0.4 is 0 Å². The fraction of sp³-hybridized carbons (Fsp3) is 0.909. The highest BCUT2D eigenvalue weighted by atomic mass is 16.7. The standard InChI is InChI=1S/C11H22O4/c1-6-14-10(12)8(3)9(4)11(13-5)15-7-2/h8-9,11H,6-7H2,1-5H3. The number of rotatable bonds is 7. The molecule has 90 valence electrons. The molecule has 3 unspecified atom stereocenters. The zero-order valence-electron chi connectivity index (χ0n) is 10.3. The molecule has 0 saturated carbocycles. The van der Waals surface area contributed by atoms with Gasteiger partial charge < -0.3 is 14.2 Å². The average molecular weight is 218 g/mol. The van der Waals surface area contributed by atoms with Gasteiger partial charge in [-0.25, -0.2) is 0 Å². The van der Waals surface area contributed by atoms with Gasteiger partial charge in [0, 0.05) is 19.6 Å². The number of ether oxygens (including phenoxy) is 3. The Morgan fingerprint density at radius 3 is 2.20 bits per heavy atom. The zero-order chi connectivity index (χ0) is 11.8. The van der Waals surface area contributed by atoms with E-state index in [4.69, 9.17) is 14.2 Å². The number of esters is 1. The van der Waals surface area contributed by atoms with E-state index in [0.29, 0.717) is 13.2 Å². The van der Waals surface area contributed by atoms with E-state index in [2.05, 4.69) is 0 Å². The Morgan fingerprint density at radius 2 is 1.80 bits per heavy atom. The highest BCUT2D eigenvalue weighted by Crippen LogP contribution is 2.19. The minimum absolute atomic E-state index is 0.0194. The summed E-state index contributed by atoms with van der Waals surface area (Å²) in [6.45, 7) is 8.42. The van der Waals surface area contributed by atoms with E-state index in [1.54, 1.807) is 14.0 Å². The van der Waals surface area contributed by atoms with Gasteiger partial charge in [0.1, 0.15) is 0 Å². The fourth-order valence-electron chi connectivity index (χ4n) is 1.32. The lowest BCUT2D eigenvalue weighted by molar-refractivity contribution is -0.174. The van der Waals surface area contributed by atoms with E-state index < -0.39 is 0 Å². The Kier molecular flexibility index (Phi) is 7.34. The summed E-state index contributed by atoms with van der Waals surface area (Å²) >= 11 is 0. The van der Waals surface area contributed by atoms with Crippen molar-refractivity contribution in [3.8, 4) is 0 Å². The third-order valence-electron chi connectivity index (χ3n) is 2.44. The summed E-state index contributed by atoms with van der Waals surface area (Å²) in [6, 6.07) is 0. The second-order valence-electron chi connectivity index (χ2n) is 3.46. The predicted molar refractivity (Wildman–Crippen MR) is 57.4 cm³/mol. The molecule has 0 heterocycles. The summed E-state index contributed by atoms with van der Waals surface area (Å²) in [5.74, 6) is -0.442. The van der Waals surface area contributed by atoms with Crippen molar-refractivity contribution in [1.29, 1.82) is 0 Å². The van der Waals surface area contributed by atoms with Crippen LogP contribution in [0.15, 0.2) is 0 Å². The van der Waals surface area contributed by atoms with Crippen LogP contribution in [0.2, 0.25) is 0 Å². The fourth-order valence-corrected chi connectivity index (χ4v) is 1.32. The smallest absolute Gasteiger partial charge is 0.309 e. The summed E-state index contributed by atoms with van der Waals surface area (Å²) in [5.41, 5.74) is 0. The Labute approximate surface area is 91.9 Å². The van der Waals surface area contributed by atoms with Crippen molar-refractivity contribution >= 4 is 5.97 Å². The third kappa shape index (κ3) is 4.62. The second kappa shape index (κ2) is 7.65. The van der Waals surface area contributed by atoms with Crippen LogP contribution in [0.5, 0.6) is 0 Å². The molecule has 0 N–H and O–H groups in total. The molecule has 0 rings (SSSR count). The van der Waals surface area contributed by atoms with Crippen molar-refractivity contribution in [3.05, 3.63) is 0 Å². The van der Waals surface area contributed by atoms with Crippen LogP contribution in [-0.2, 0) is 19.0 Å². The van der Waals surface area contributed by atoms with Gasteiger partial charge in [-0.2, -0.15) is 0 Å². The second-order valence-corrected chi connectivity index (χ2v) is 3.46. The summed E-state index contributed by atoms with van der Waals surface area (Å²) in [4.78, 5) is 11.5. The molecule has 0 aromatic heterocycles. The van der Waals surface area contributed by atoms with Gasteiger partial charge >= 0.3 is 5.97 Å². The quantitative estimate of drug-likeness (QED) is 0.483. The maximum absolute atomic E-state index is 11.5. The molecule has 0 bridgehead atoms. The number of hydrogen-bond donors (Lipinski definition) is 0. The summed E-state index contributed by atoms with van der Waals surface area (Å²) in [6.07, 6.45) is -0.352. The minimum atomic E-state index is -0.352. The molecule has 0 spiro atoms. The Hall–Kier alpha value is -0.610. The summed E-state index contributed by atoms with van der Waals surface area (Å²) in [7, 11) is 1.58. The molecular weight excluding hydrogens is 196 g/mol. The molecule has 0 aliphatic rings. The van der Waals surface area contributed by atoms with Crippen molar-refractivity contribution < 1.29 is 19.0 Å². The molecule has 0 aromatic carbocycles. The first-order valence-electron chi connectivity index (χ1n) is 5.39. The summed E-state index contributed by atoms with van der Waals surface area (Å²) < 4.78 is 15.5. The molecule has 0 amide bonds.